The lowest BCUT2D eigenvalue weighted by Gasteiger charge is -2.20. The molecule has 2 N–H and O–H groups in total. The number of alkyl halides is 3. The van der Waals surface area contributed by atoms with Gasteiger partial charge >= 0.3 is 12.1 Å². The summed E-state index contributed by atoms with van der Waals surface area (Å²) in [4.78, 5) is 21.6. The molecule has 2 aromatic carbocycles. The van der Waals surface area contributed by atoms with Crippen LogP contribution < -0.4 is 10.2 Å². The Morgan fingerprint density at radius 2 is 1.91 bits per heavy atom. The fraction of sp³-hybridized carbons (Fsp3) is 0.250. The van der Waals surface area contributed by atoms with E-state index in [1.54, 1.807) is 18.2 Å². The zero-order valence-corrected chi connectivity index (χ0v) is 18.8. The first kappa shape index (κ1) is 23.8. The van der Waals surface area contributed by atoms with Gasteiger partial charge in [0.1, 0.15) is 23.6 Å². The summed E-state index contributed by atoms with van der Waals surface area (Å²) in [5.74, 6) is -0.606. The molecule has 34 heavy (non-hydrogen) atoms. The molecule has 6 nitrogen and oxygen atoms in total. The van der Waals surface area contributed by atoms with E-state index in [0.717, 1.165) is 28.3 Å². The van der Waals surface area contributed by atoms with Crippen LogP contribution in [0, 0.1) is 6.92 Å². The number of benzene rings is 2. The van der Waals surface area contributed by atoms with Gasteiger partial charge in [0.15, 0.2) is 0 Å². The number of hydroxylamine groups is 1. The van der Waals surface area contributed by atoms with Crippen LogP contribution in [0.4, 0.5) is 13.2 Å². The van der Waals surface area contributed by atoms with Crippen molar-refractivity contribution >= 4 is 17.3 Å². The summed E-state index contributed by atoms with van der Waals surface area (Å²) in [6.07, 6.45) is -1.16. The summed E-state index contributed by atoms with van der Waals surface area (Å²) >= 11 is 1.36. The maximum Gasteiger partial charge on any atom is 0.416 e. The number of halogens is 3. The largest absolute Gasteiger partial charge is 0.488 e. The number of hydrogen-bond donors (Lipinski definition) is 2. The number of carboxylic acids is 1. The fourth-order valence-electron chi connectivity index (χ4n) is 3.58. The van der Waals surface area contributed by atoms with Gasteiger partial charge in [0.2, 0.25) is 0 Å². The molecule has 0 amide bonds. The minimum Gasteiger partial charge on any atom is -0.488 e. The first-order valence-electron chi connectivity index (χ1n) is 10.4. The van der Waals surface area contributed by atoms with Crippen LogP contribution in [-0.4, -0.2) is 22.1 Å². The van der Waals surface area contributed by atoms with E-state index in [2.05, 4.69) is 10.5 Å². The molecule has 0 fully saturated rings. The van der Waals surface area contributed by atoms with Crippen LogP contribution in [0.25, 0.3) is 10.6 Å². The topological polar surface area (TPSA) is 80.7 Å². The smallest absolute Gasteiger partial charge is 0.416 e. The maximum atomic E-state index is 12.8. The molecular formula is C24H21F3N2O4S. The predicted octanol–water partition coefficient (Wildman–Crippen LogP) is 5.69. The number of rotatable bonds is 8. The van der Waals surface area contributed by atoms with Crippen LogP contribution in [0.3, 0.4) is 0 Å². The Morgan fingerprint density at radius 1 is 1.21 bits per heavy atom. The van der Waals surface area contributed by atoms with E-state index in [4.69, 9.17) is 9.57 Å². The highest BCUT2D eigenvalue weighted by Gasteiger charge is 2.30. The van der Waals surface area contributed by atoms with Crippen molar-refractivity contribution in [3.63, 3.8) is 0 Å². The predicted molar refractivity (Wildman–Crippen MR) is 120 cm³/mol. The van der Waals surface area contributed by atoms with Gasteiger partial charge in [-0.05, 0) is 42.8 Å². The van der Waals surface area contributed by atoms with Crippen molar-refractivity contribution in [1.29, 1.82) is 0 Å². The average molecular weight is 491 g/mol. The Balaban J connectivity index is 1.42. The number of aryl methyl sites for hydroxylation is 1. The molecule has 178 valence electrons. The van der Waals surface area contributed by atoms with Crippen LogP contribution in [0.1, 0.15) is 34.0 Å². The molecule has 1 aliphatic rings. The SMILES string of the molecule is Cc1nc(-c2ccc(C(F)(F)F)cc2)sc1COc1ccc(C(CC(=O)O)C2C=CON2)cc1. The molecule has 1 aromatic heterocycles. The van der Waals surface area contributed by atoms with Crippen molar-refractivity contribution in [2.24, 2.45) is 0 Å². The molecule has 10 heteroatoms. The van der Waals surface area contributed by atoms with Gasteiger partial charge in [-0.25, -0.2) is 4.98 Å². The quantitative estimate of drug-likeness (QED) is 0.422. The molecule has 1 aliphatic heterocycles. The number of nitrogens with one attached hydrogen (secondary N) is 1. The second kappa shape index (κ2) is 9.86. The van der Waals surface area contributed by atoms with Gasteiger partial charge < -0.3 is 14.7 Å². The molecule has 3 aromatic rings. The third-order valence-corrected chi connectivity index (χ3v) is 6.60. The number of nitrogens with zero attached hydrogens (tertiary/aromatic N) is 1. The van der Waals surface area contributed by atoms with E-state index in [1.807, 2.05) is 19.1 Å². The second-order valence-electron chi connectivity index (χ2n) is 7.75. The number of aliphatic carboxylic acids is 1. The van der Waals surface area contributed by atoms with Crippen LogP contribution >= 0.6 is 11.3 Å². The van der Waals surface area contributed by atoms with Gasteiger partial charge in [0, 0.05) is 11.5 Å². The van der Waals surface area contributed by atoms with Crippen LogP contribution in [0.5, 0.6) is 5.75 Å². The highest BCUT2D eigenvalue weighted by Crippen LogP contribution is 2.34. The van der Waals surface area contributed by atoms with Gasteiger partial charge in [-0.1, -0.05) is 24.3 Å². The molecule has 2 heterocycles. The molecule has 2 unspecified atom stereocenters. The van der Waals surface area contributed by atoms with Crippen molar-refractivity contribution < 1.29 is 32.6 Å². The first-order chi connectivity index (χ1) is 16.2. The van der Waals surface area contributed by atoms with Crippen molar-refractivity contribution in [1.82, 2.24) is 10.5 Å². The normalized spacial score (nSPS) is 16.3. The molecule has 0 spiro atoms. The second-order valence-corrected chi connectivity index (χ2v) is 8.84. The number of aromatic nitrogens is 1. The van der Waals surface area contributed by atoms with E-state index < -0.39 is 17.7 Å². The standard InChI is InChI=1S/C24H21F3N2O4S/c1-14-21(34-23(28-14)16-2-6-17(7-3-16)24(25,26)27)13-32-18-8-4-15(5-9-18)19(12-22(30)31)20-10-11-33-29-20/h2-11,19-20,29H,12-13H2,1H3,(H,30,31). The van der Waals surface area contributed by atoms with Crippen LogP contribution in [0.15, 0.2) is 60.9 Å². The Hall–Kier alpha value is -3.37. The third-order valence-electron chi connectivity index (χ3n) is 5.42. The lowest BCUT2D eigenvalue weighted by molar-refractivity contribution is -0.138. The minimum absolute atomic E-state index is 0.0572. The maximum absolute atomic E-state index is 12.8. The summed E-state index contributed by atoms with van der Waals surface area (Å²) in [6.45, 7) is 2.08. The van der Waals surface area contributed by atoms with Gasteiger partial charge in [-0.15, -0.1) is 16.8 Å². The summed E-state index contributed by atoms with van der Waals surface area (Å²) < 4.78 is 44.2. The van der Waals surface area contributed by atoms with E-state index >= 15 is 0 Å². The zero-order valence-electron chi connectivity index (χ0n) is 18.0. The van der Waals surface area contributed by atoms with E-state index in [9.17, 15) is 23.1 Å². The highest BCUT2D eigenvalue weighted by molar-refractivity contribution is 7.15. The molecule has 4 rings (SSSR count). The van der Waals surface area contributed by atoms with E-state index in [1.165, 1.54) is 29.7 Å². The number of ether oxygens (including phenoxy) is 1. The fourth-order valence-corrected chi connectivity index (χ4v) is 4.57. The number of carboxylic acid groups (broad SMARTS) is 1. The number of carbonyl (C=O) groups is 1. The monoisotopic (exact) mass is 490 g/mol. The van der Waals surface area contributed by atoms with Crippen LogP contribution in [-0.2, 0) is 22.4 Å². The van der Waals surface area contributed by atoms with Gasteiger partial charge in [0.05, 0.1) is 28.6 Å². The molecular weight excluding hydrogens is 469 g/mol. The minimum atomic E-state index is -4.38. The lowest BCUT2D eigenvalue weighted by atomic mass is 9.89. The van der Waals surface area contributed by atoms with Gasteiger partial charge in [0.25, 0.3) is 0 Å². The van der Waals surface area contributed by atoms with E-state index in [-0.39, 0.29) is 25.0 Å². The molecule has 0 saturated heterocycles. The van der Waals surface area contributed by atoms with E-state index in [0.29, 0.717) is 16.3 Å². The highest BCUT2D eigenvalue weighted by atomic mass is 32.1. The van der Waals surface area contributed by atoms with Crippen molar-refractivity contribution in [2.75, 3.05) is 0 Å². The Bertz CT molecular complexity index is 1170. The first-order valence-corrected chi connectivity index (χ1v) is 11.2. The Morgan fingerprint density at radius 3 is 2.50 bits per heavy atom. The molecule has 0 radical (unpaired) electrons. The number of hydrogen-bond acceptors (Lipinski definition) is 6. The van der Waals surface area contributed by atoms with Gasteiger partial charge in [-0.2, -0.15) is 13.2 Å². The van der Waals surface area contributed by atoms with Crippen molar-refractivity contribution in [3.05, 3.63) is 82.6 Å². The summed E-state index contributed by atoms with van der Waals surface area (Å²) in [6, 6.07) is 11.9. The Kier molecular flexibility index (Phi) is 6.90. The third kappa shape index (κ3) is 5.57. The summed E-state index contributed by atoms with van der Waals surface area (Å²) in [5.41, 5.74) is 4.28. The Labute approximate surface area is 197 Å². The molecule has 0 bridgehead atoms. The lowest BCUT2D eigenvalue weighted by Crippen LogP contribution is -2.29. The zero-order chi connectivity index (χ0) is 24.3. The summed E-state index contributed by atoms with van der Waals surface area (Å²) in [5, 5.41) is 9.88. The molecule has 0 saturated carbocycles. The molecule has 2 atom stereocenters. The van der Waals surface area contributed by atoms with Crippen molar-refractivity contribution in [3.8, 4) is 16.3 Å². The van der Waals surface area contributed by atoms with Gasteiger partial charge in [-0.3, -0.25) is 4.79 Å². The van der Waals surface area contributed by atoms with Crippen molar-refractivity contribution in [2.45, 2.75) is 38.1 Å². The molecule has 0 aliphatic carbocycles. The summed E-state index contributed by atoms with van der Waals surface area (Å²) in [7, 11) is 0. The number of thiazole rings is 1. The average Bonchev–Trinajstić information content (AvgIpc) is 3.46. The van der Waals surface area contributed by atoms with Crippen LogP contribution in [0.2, 0.25) is 0 Å².